The second-order valence-electron chi connectivity index (χ2n) is 3.73. The fourth-order valence-electron chi connectivity index (χ4n) is 1.59. The third-order valence-electron chi connectivity index (χ3n) is 2.44. The number of aromatic nitrogens is 3. The summed E-state index contributed by atoms with van der Waals surface area (Å²) in [7, 11) is 0. The van der Waals surface area contributed by atoms with Gasteiger partial charge < -0.3 is 9.47 Å². The zero-order chi connectivity index (χ0) is 12.8. The number of nitrogens with zero attached hydrogens (tertiary/aromatic N) is 3. The summed E-state index contributed by atoms with van der Waals surface area (Å²) in [5, 5.41) is 1.11. The largest absolute Gasteiger partial charge is 0.464 e. The summed E-state index contributed by atoms with van der Waals surface area (Å²) in [5.74, 6) is 5.65. The highest BCUT2D eigenvalue weighted by Crippen LogP contribution is 2.28. The van der Waals surface area contributed by atoms with Gasteiger partial charge in [-0.2, -0.15) is 15.0 Å². The topological polar surface area (TPSA) is 95.2 Å². The average molecular weight is 271 g/mol. The Hall–Kier alpha value is -1.12. The summed E-state index contributed by atoms with van der Waals surface area (Å²) < 4.78 is 10.6. The lowest BCUT2D eigenvalue weighted by Crippen LogP contribution is -2.18. The fourth-order valence-corrected chi connectivity index (χ4v) is 2.59. The quantitative estimate of drug-likeness (QED) is 0.600. The second-order valence-corrected chi connectivity index (χ2v) is 5.00. The first kappa shape index (κ1) is 13.3. The van der Waals surface area contributed by atoms with Gasteiger partial charge in [-0.25, -0.2) is 5.84 Å². The molecular formula is C10H17N5O2S. The second kappa shape index (κ2) is 6.72. The van der Waals surface area contributed by atoms with Crippen molar-refractivity contribution >= 4 is 17.7 Å². The number of ether oxygens (including phenoxy) is 2. The minimum absolute atomic E-state index is 0.301. The van der Waals surface area contributed by atoms with E-state index in [1.165, 1.54) is 0 Å². The zero-order valence-corrected chi connectivity index (χ0v) is 11.1. The van der Waals surface area contributed by atoms with Gasteiger partial charge >= 0.3 is 6.01 Å². The summed E-state index contributed by atoms with van der Waals surface area (Å²) in [4.78, 5) is 12.5. The fraction of sp³-hybridized carbons (Fsp3) is 0.700. The molecule has 0 unspecified atom stereocenters. The zero-order valence-electron chi connectivity index (χ0n) is 10.3. The van der Waals surface area contributed by atoms with Gasteiger partial charge in [-0.05, 0) is 19.8 Å². The van der Waals surface area contributed by atoms with E-state index in [1.807, 2.05) is 6.92 Å². The van der Waals surface area contributed by atoms with Gasteiger partial charge in [0.15, 0.2) is 5.16 Å². The van der Waals surface area contributed by atoms with Crippen molar-refractivity contribution in [3.63, 3.8) is 0 Å². The van der Waals surface area contributed by atoms with E-state index in [0.717, 1.165) is 26.1 Å². The van der Waals surface area contributed by atoms with Gasteiger partial charge in [-0.1, -0.05) is 11.8 Å². The molecule has 2 rings (SSSR count). The monoisotopic (exact) mass is 271 g/mol. The van der Waals surface area contributed by atoms with Crippen molar-refractivity contribution in [2.45, 2.75) is 30.2 Å². The molecule has 1 saturated heterocycles. The van der Waals surface area contributed by atoms with Crippen molar-refractivity contribution in [3.8, 4) is 6.01 Å². The number of hydrogen-bond donors (Lipinski definition) is 2. The third-order valence-corrected chi connectivity index (χ3v) is 3.64. The number of nitrogen functional groups attached to an aromatic ring is 1. The van der Waals surface area contributed by atoms with E-state index >= 15 is 0 Å². The number of rotatable bonds is 5. The molecule has 2 heterocycles. The molecule has 0 saturated carbocycles. The minimum Gasteiger partial charge on any atom is -0.464 e. The molecule has 0 aliphatic carbocycles. The Kier molecular flexibility index (Phi) is 4.97. The van der Waals surface area contributed by atoms with Crippen molar-refractivity contribution < 1.29 is 9.47 Å². The molecule has 1 aliphatic heterocycles. The summed E-state index contributed by atoms with van der Waals surface area (Å²) in [6, 6.07) is 0.301. The van der Waals surface area contributed by atoms with Gasteiger partial charge in [0.1, 0.15) is 0 Å². The highest BCUT2D eigenvalue weighted by Gasteiger charge is 2.18. The van der Waals surface area contributed by atoms with E-state index in [9.17, 15) is 0 Å². The van der Waals surface area contributed by atoms with Gasteiger partial charge in [-0.3, -0.25) is 5.43 Å². The van der Waals surface area contributed by atoms with Crippen molar-refractivity contribution in [2.24, 2.45) is 5.84 Å². The summed E-state index contributed by atoms with van der Waals surface area (Å²) >= 11 is 1.62. The van der Waals surface area contributed by atoms with E-state index in [0.29, 0.717) is 29.0 Å². The number of nitrogens with two attached hydrogens (primary N) is 1. The van der Waals surface area contributed by atoms with E-state index in [4.69, 9.17) is 15.3 Å². The summed E-state index contributed by atoms with van der Waals surface area (Å²) in [5.41, 5.74) is 2.42. The maximum atomic E-state index is 5.33. The number of anilines is 1. The Morgan fingerprint density at radius 1 is 1.39 bits per heavy atom. The lowest BCUT2D eigenvalue weighted by Gasteiger charge is -2.20. The number of hydrazine groups is 1. The predicted molar refractivity (Wildman–Crippen MR) is 68.5 cm³/mol. The smallest absolute Gasteiger partial charge is 0.322 e. The molecule has 7 nitrogen and oxygen atoms in total. The normalized spacial score (nSPS) is 16.6. The van der Waals surface area contributed by atoms with Gasteiger partial charge in [-0.15, -0.1) is 0 Å². The molecule has 18 heavy (non-hydrogen) atoms. The first-order chi connectivity index (χ1) is 8.81. The van der Waals surface area contributed by atoms with Crippen LogP contribution >= 0.6 is 11.8 Å². The molecule has 3 N–H and O–H groups in total. The van der Waals surface area contributed by atoms with Gasteiger partial charge in [0.25, 0.3) is 0 Å². The molecule has 0 radical (unpaired) electrons. The van der Waals surface area contributed by atoms with Gasteiger partial charge in [0.2, 0.25) is 5.95 Å². The van der Waals surface area contributed by atoms with Crippen LogP contribution in [0.3, 0.4) is 0 Å². The van der Waals surface area contributed by atoms with Crippen LogP contribution in [0.25, 0.3) is 0 Å². The molecule has 0 atom stereocenters. The van der Waals surface area contributed by atoms with Crippen molar-refractivity contribution in [3.05, 3.63) is 0 Å². The van der Waals surface area contributed by atoms with Crippen LogP contribution in [0.1, 0.15) is 19.8 Å². The molecule has 100 valence electrons. The summed E-state index contributed by atoms with van der Waals surface area (Å²) in [6.07, 6.45) is 2.01. The van der Waals surface area contributed by atoms with Crippen LogP contribution in [-0.4, -0.2) is 40.0 Å². The van der Waals surface area contributed by atoms with Crippen LogP contribution in [0.15, 0.2) is 5.16 Å². The van der Waals surface area contributed by atoms with Gasteiger partial charge in [0.05, 0.1) is 6.61 Å². The van der Waals surface area contributed by atoms with Crippen LogP contribution in [0, 0.1) is 0 Å². The molecule has 1 aliphatic rings. The Bertz CT molecular complexity index is 387. The molecular weight excluding hydrogens is 254 g/mol. The third kappa shape index (κ3) is 3.69. The Labute approximate surface area is 110 Å². The van der Waals surface area contributed by atoms with Crippen LogP contribution in [-0.2, 0) is 4.74 Å². The van der Waals surface area contributed by atoms with E-state index in [2.05, 4.69) is 20.4 Å². The number of thioether (sulfide) groups is 1. The maximum absolute atomic E-state index is 5.33. The number of nitrogens with one attached hydrogen (secondary N) is 1. The highest BCUT2D eigenvalue weighted by molar-refractivity contribution is 7.99. The van der Waals surface area contributed by atoms with Crippen LogP contribution in [0.5, 0.6) is 6.01 Å². The molecule has 0 aromatic carbocycles. The van der Waals surface area contributed by atoms with E-state index in [-0.39, 0.29) is 0 Å². The summed E-state index contributed by atoms with van der Waals surface area (Å²) in [6.45, 7) is 3.98. The average Bonchev–Trinajstić information content (AvgIpc) is 2.40. The first-order valence-electron chi connectivity index (χ1n) is 5.91. The Balaban J connectivity index is 2.07. The first-order valence-corrected chi connectivity index (χ1v) is 6.79. The molecule has 0 bridgehead atoms. The standard InChI is InChI=1S/C10H17N5O2S/c1-2-17-9-12-8(15-11)13-10(14-9)18-7-3-5-16-6-4-7/h7H,2-6,11H2,1H3,(H,12,13,14,15). The van der Waals surface area contributed by atoms with Crippen LogP contribution in [0.2, 0.25) is 0 Å². The van der Waals surface area contributed by atoms with Crippen molar-refractivity contribution in [1.29, 1.82) is 0 Å². The maximum Gasteiger partial charge on any atom is 0.322 e. The van der Waals surface area contributed by atoms with Crippen LogP contribution < -0.4 is 16.0 Å². The predicted octanol–water partition coefficient (Wildman–Crippen LogP) is 0.827. The minimum atomic E-state index is 0.301. The molecule has 8 heteroatoms. The molecule has 1 aromatic heterocycles. The highest BCUT2D eigenvalue weighted by atomic mass is 32.2. The van der Waals surface area contributed by atoms with E-state index in [1.54, 1.807) is 11.8 Å². The SMILES string of the molecule is CCOc1nc(NN)nc(SC2CCOCC2)n1. The van der Waals surface area contributed by atoms with E-state index < -0.39 is 0 Å². The molecule has 1 aromatic rings. The molecule has 0 amide bonds. The van der Waals surface area contributed by atoms with Crippen molar-refractivity contribution in [1.82, 2.24) is 15.0 Å². The lowest BCUT2D eigenvalue weighted by atomic mass is 10.2. The molecule has 1 fully saturated rings. The Morgan fingerprint density at radius 3 is 2.83 bits per heavy atom. The van der Waals surface area contributed by atoms with Crippen molar-refractivity contribution in [2.75, 3.05) is 25.2 Å². The van der Waals surface area contributed by atoms with Crippen LogP contribution in [0.4, 0.5) is 5.95 Å². The van der Waals surface area contributed by atoms with Gasteiger partial charge in [0, 0.05) is 18.5 Å². The molecule has 0 spiro atoms. The lowest BCUT2D eigenvalue weighted by molar-refractivity contribution is 0.1000. The Morgan fingerprint density at radius 2 is 2.17 bits per heavy atom. The number of hydrogen-bond acceptors (Lipinski definition) is 8.